The lowest BCUT2D eigenvalue weighted by molar-refractivity contribution is -0.107. The summed E-state index contributed by atoms with van der Waals surface area (Å²) in [6.45, 7) is 5.80. The van der Waals surface area contributed by atoms with Gasteiger partial charge in [0.1, 0.15) is 6.29 Å². The first-order valence-corrected chi connectivity index (χ1v) is 7.07. The van der Waals surface area contributed by atoms with Crippen molar-refractivity contribution in [2.75, 3.05) is 13.1 Å². The Balaban J connectivity index is 3.03. The molecule has 0 aliphatic carbocycles. The molecule has 0 radical (unpaired) electrons. The van der Waals surface area contributed by atoms with Gasteiger partial charge in [-0.05, 0) is 19.1 Å². The van der Waals surface area contributed by atoms with Gasteiger partial charge < -0.3 is 4.79 Å². The molecular formula is C13H17NO3S. The zero-order valence-electron chi connectivity index (χ0n) is 10.4. The first kappa shape index (κ1) is 14.6. The normalized spacial score (nSPS) is 11.4. The summed E-state index contributed by atoms with van der Waals surface area (Å²) in [6.07, 6.45) is 2.40. The summed E-state index contributed by atoms with van der Waals surface area (Å²) in [5.74, 6) is 0. The molecule has 5 heteroatoms. The van der Waals surface area contributed by atoms with Crippen LogP contribution in [0, 0.1) is 6.92 Å². The van der Waals surface area contributed by atoms with Gasteiger partial charge in [0.15, 0.2) is 0 Å². The van der Waals surface area contributed by atoms with Crippen LogP contribution < -0.4 is 0 Å². The molecule has 0 aromatic heterocycles. The van der Waals surface area contributed by atoms with Crippen molar-refractivity contribution in [1.29, 1.82) is 0 Å². The van der Waals surface area contributed by atoms with Crippen LogP contribution in [0.15, 0.2) is 41.8 Å². The van der Waals surface area contributed by atoms with Crippen LogP contribution in [-0.4, -0.2) is 32.1 Å². The van der Waals surface area contributed by atoms with Gasteiger partial charge in [-0.25, -0.2) is 8.42 Å². The lowest BCUT2D eigenvalue weighted by atomic mass is 10.2. The number of aldehydes is 1. The number of nitrogens with zero attached hydrogens (tertiary/aromatic N) is 1. The van der Waals surface area contributed by atoms with Gasteiger partial charge in [0, 0.05) is 19.5 Å². The van der Waals surface area contributed by atoms with E-state index in [4.69, 9.17) is 0 Å². The topological polar surface area (TPSA) is 54.5 Å². The van der Waals surface area contributed by atoms with Crippen LogP contribution >= 0.6 is 0 Å². The predicted octanol–water partition coefficient (Wildman–Crippen LogP) is 1.76. The second kappa shape index (κ2) is 6.47. The van der Waals surface area contributed by atoms with Crippen molar-refractivity contribution in [3.05, 3.63) is 42.5 Å². The summed E-state index contributed by atoms with van der Waals surface area (Å²) in [7, 11) is -3.55. The van der Waals surface area contributed by atoms with Crippen molar-refractivity contribution in [2.24, 2.45) is 0 Å². The third-order valence-electron chi connectivity index (χ3n) is 2.49. The van der Waals surface area contributed by atoms with Crippen molar-refractivity contribution in [3.8, 4) is 0 Å². The molecule has 1 rings (SSSR count). The fourth-order valence-corrected chi connectivity index (χ4v) is 2.94. The van der Waals surface area contributed by atoms with E-state index in [-0.39, 0.29) is 24.4 Å². The Morgan fingerprint density at radius 1 is 1.28 bits per heavy atom. The maximum atomic E-state index is 12.3. The van der Waals surface area contributed by atoms with Gasteiger partial charge in [-0.15, -0.1) is 6.58 Å². The molecule has 18 heavy (non-hydrogen) atoms. The minimum atomic E-state index is -3.55. The summed E-state index contributed by atoms with van der Waals surface area (Å²) >= 11 is 0. The highest BCUT2D eigenvalue weighted by Crippen LogP contribution is 2.16. The predicted molar refractivity (Wildman–Crippen MR) is 70.8 cm³/mol. The summed E-state index contributed by atoms with van der Waals surface area (Å²) < 4.78 is 25.9. The van der Waals surface area contributed by atoms with Crippen LogP contribution in [0.25, 0.3) is 0 Å². The maximum Gasteiger partial charge on any atom is 0.243 e. The number of hydrogen-bond donors (Lipinski definition) is 0. The van der Waals surface area contributed by atoms with E-state index in [0.29, 0.717) is 6.29 Å². The van der Waals surface area contributed by atoms with E-state index in [1.807, 2.05) is 6.92 Å². The lowest BCUT2D eigenvalue weighted by Gasteiger charge is -2.19. The number of benzene rings is 1. The molecule has 0 saturated heterocycles. The van der Waals surface area contributed by atoms with Gasteiger partial charge >= 0.3 is 0 Å². The van der Waals surface area contributed by atoms with Crippen LogP contribution in [0.4, 0.5) is 0 Å². The second-order valence-electron chi connectivity index (χ2n) is 3.92. The first-order chi connectivity index (χ1) is 8.52. The van der Waals surface area contributed by atoms with Crippen molar-refractivity contribution in [2.45, 2.75) is 18.2 Å². The Morgan fingerprint density at radius 2 is 1.89 bits per heavy atom. The summed E-state index contributed by atoms with van der Waals surface area (Å²) in [4.78, 5) is 10.6. The third kappa shape index (κ3) is 3.51. The van der Waals surface area contributed by atoms with E-state index in [1.165, 1.54) is 10.4 Å². The fourth-order valence-electron chi connectivity index (χ4n) is 1.51. The van der Waals surface area contributed by atoms with E-state index in [2.05, 4.69) is 6.58 Å². The van der Waals surface area contributed by atoms with Crippen LogP contribution in [0.1, 0.15) is 12.0 Å². The van der Waals surface area contributed by atoms with Crippen molar-refractivity contribution < 1.29 is 13.2 Å². The average Bonchev–Trinajstić information content (AvgIpc) is 2.35. The quantitative estimate of drug-likeness (QED) is 0.559. The highest BCUT2D eigenvalue weighted by atomic mass is 32.2. The van der Waals surface area contributed by atoms with Gasteiger partial charge in [0.2, 0.25) is 10.0 Å². The zero-order valence-corrected chi connectivity index (χ0v) is 11.2. The van der Waals surface area contributed by atoms with Gasteiger partial charge in [-0.1, -0.05) is 23.8 Å². The second-order valence-corrected chi connectivity index (χ2v) is 5.86. The molecule has 0 amide bonds. The number of hydrogen-bond acceptors (Lipinski definition) is 3. The zero-order chi connectivity index (χ0) is 13.6. The van der Waals surface area contributed by atoms with Crippen LogP contribution in [-0.2, 0) is 14.8 Å². The van der Waals surface area contributed by atoms with E-state index < -0.39 is 10.0 Å². The van der Waals surface area contributed by atoms with Crippen LogP contribution in [0.2, 0.25) is 0 Å². The van der Waals surface area contributed by atoms with Gasteiger partial charge in [-0.3, -0.25) is 0 Å². The molecule has 0 atom stereocenters. The smallest absolute Gasteiger partial charge is 0.243 e. The molecule has 0 unspecified atom stereocenters. The molecule has 0 heterocycles. The molecule has 98 valence electrons. The molecule has 4 nitrogen and oxygen atoms in total. The Labute approximate surface area is 108 Å². The number of rotatable bonds is 7. The molecule has 1 aromatic rings. The van der Waals surface area contributed by atoms with Crippen LogP contribution in [0.5, 0.6) is 0 Å². The van der Waals surface area contributed by atoms with E-state index in [0.717, 1.165) is 5.56 Å². The first-order valence-electron chi connectivity index (χ1n) is 5.63. The molecule has 0 bridgehead atoms. The number of carbonyl (C=O) groups is 1. The van der Waals surface area contributed by atoms with Crippen molar-refractivity contribution >= 4 is 16.3 Å². The number of sulfonamides is 1. The Bertz CT molecular complexity index is 506. The summed E-state index contributed by atoms with van der Waals surface area (Å²) in [5, 5.41) is 0. The van der Waals surface area contributed by atoms with Gasteiger partial charge in [-0.2, -0.15) is 4.31 Å². The van der Waals surface area contributed by atoms with E-state index in [9.17, 15) is 13.2 Å². The monoisotopic (exact) mass is 267 g/mol. The Hall–Kier alpha value is -1.46. The van der Waals surface area contributed by atoms with Crippen molar-refractivity contribution in [1.82, 2.24) is 4.31 Å². The summed E-state index contributed by atoms with van der Waals surface area (Å²) in [5.41, 5.74) is 0.997. The largest absolute Gasteiger partial charge is 0.303 e. The van der Waals surface area contributed by atoms with Crippen molar-refractivity contribution in [3.63, 3.8) is 0 Å². The minimum absolute atomic E-state index is 0.172. The Morgan fingerprint density at radius 3 is 2.39 bits per heavy atom. The van der Waals surface area contributed by atoms with Gasteiger partial charge in [0.25, 0.3) is 0 Å². The standard InChI is InChI=1S/C13H17NO3S/c1-3-9-14(10-4-11-15)18(16,17)13-7-5-12(2)6-8-13/h3,5-8,11H,1,4,9-10H2,2H3. The molecule has 0 aliphatic heterocycles. The van der Waals surface area contributed by atoms with E-state index >= 15 is 0 Å². The van der Waals surface area contributed by atoms with Gasteiger partial charge in [0.05, 0.1) is 4.90 Å². The highest BCUT2D eigenvalue weighted by molar-refractivity contribution is 7.89. The van der Waals surface area contributed by atoms with E-state index in [1.54, 1.807) is 24.3 Å². The molecule has 0 spiro atoms. The molecular weight excluding hydrogens is 250 g/mol. The molecule has 1 aromatic carbocycles. The average molecular weight is 267 g/mol. The van der Waals surface area contributed by atoms with Crippen LogP contribution in [0.3, 0.4) is 0 Å². The SMILES string of the molecule is C=CCN(CCC=O)S(=O)(=O)c1ccc(C)cc1. The highest BCUT2D eigenvalue weighted by Gasteiger charge is 2.22. The molecule has 0 saturated carbocycles. The molecule has 0 N–H and O–H groups in total. The third-order valence-corrected chi connectivity index (χ3v) is 4.37. The lowest BCUT2D eigenvalue weighted by Crippen LogP contribution is -2.32. The molecule has 0 aliphatic rings. The number of carbonyl (C=O) groups excluding carboxylic acids is 1. The maximum absolute atomic E-state index is 12.3. The Kier molecular flexibility index (Phi) is 5.25. The summed E-state index contributed by atoms with van der Waals surface area (Å²) in [6, 6.07) is 6.64. The number of aryl methyl sites for hydroxylation is 1. The minimum Gasteiger partial charge on any atom is -0.303 e. The fraction of sp³-hybridized carbons (Fsp3) is 0.308. The molecule has 0 fully saturated rings.